The molecule has 112 valence electrons. The first-order valence-electron chi connectivity index (χ1n) is 7.81. The molecule has 1 aliphatic rings. The van der Waals surface area contributed by atoms with Crippen molar-refractivity contribution in [2.45, 2.75) is 57.5 Å². The van der Waals surface area contributed by atoms with Crippen molar-refractivity contribution in [3.8, 4) is 0 Å². The molecule has 0 saturated heterocycles. The van der Waals surface area contributed by atoms with E-state index in [4.69, 9.17) is 17.3 Å². The van der Waals surface area contributed by atoms with E-state index in [0.29, 0.717) is 12.6 Å². The lowest BCUT2D eigenvalue weighted by molar-refractivity contribution is 0.161. The van der Waals surface area contributed by atoms with Gasteiger partial charge in [0.1, 0.15) is 0 Å². The van der Waals surface area contributed by atoms with Crippen LogP contribution in [0.2, 0.25) is 5.02 Å². The molecule has 2 N–H and O–H groups in total. The topological polar surface area (TPSA) is 29.3 Å². The van der Waals surface area contributed by atoms with Crippen molar-refractivity contribution in [2.75, 3.05) is 13.6 Å². The normalized spacial score (nSPS) is 19.1. The number of nitrogens with two attached hydrogens (primary N) is 1. The largest absolute Gasteiger partial charge is 0.329 e. The molecule has 0 bridgehead atoms. The molecule has 2 rings (SSSR count). The van der Waals surface area contributed by atoms with Gasteiger partial charge in [-0.15, -0.1) is 0 Å². The van der Waals surface area contributed by atoms with E-state index in [1.165, 1.54) is 44.1 Å². The molecule has 1 unspecified atom stereocenters. The summed E-state index contributed by atoms with van der Waals surface area (Å²) < 4.78 is 0. The van der Waals surface area contributed by atoms with Gasteiger partial charge in [0, 0.05) is 23.7 Å². The average molecular weight is 295 g/mol. The maximum atomic E-state index is 6.27. The van der Waals surface area contributed by atoms with Crippen molar-refractivity contribution in [2.24, 2.45) is 5.73 Å². The summed E-state index contributed by atoms with van der Waals surface area (Å²) in [6.45, 7) is 2.69. The fourth-order valence-corrected chi connectivity index (χ4v) is 3.46. The minimum absolute atomic E-state index is 0.274. The van der Waals surface area contributed by atoms with E-state index in [1.807, 2.05) is 6.92 Å². The summed E-state index contributed by atoms with van der Waals surface area (Å²) in [7, 11) is 2.22. The summed E-state index contributed by atoms with van der Waals surface area (Å²) in [6, 6.07) is 7.29. The van der Waals surface area contributed by atoms with Gasteiger partial charge >= 0.3 is 0 Å². The van der Waals surface area contributed by atoms with Gasteiger partial charge in [0.15, 0.2) is 0 Å². The van der Waals surface area contributed by atoms with Gasteiger partial charge in [0.05, 0.1) is 0 Å². The quantitative estimate of drug-likeness (QED) is 0.839. The Hall–Kier alpha value is -0.570. The molecule has 1 aromatic rings. The van der Waals surface area contributed by atoms with E-state index in [0.717, 1.165) is 10.6 Å². The number of likely N-dealkylation sites (N-methyl/N-ethyl adjacent to an activating group) is 1. The van der Waals surface area contributed by atoms with E-state index >= 15 is 0 Å². The van der Waals surface area contributed by atoms with Crippen molar-refractivity contribution in [3.05, 3.63) is 34.3 Å². The number of hydrogen-bond acceptors (Lipinski definition) is 2. The van der Waals surface area contributed by atoms with Crippen molar-refractivity contribution in [1.82, 2.24) is 4.90 Å². The van der Waals surface area contributed by atoms with Gasteiger partial charge in [-0.2, -0.15) is 0 Å². The number of hydrogen-bond donors (Lipinski definition) is 1. The maximum absolute atomic E-state index is 6.27. The van der Waals surface area contributed by atoms with Crippen LogP contribution in [0.4, 0.5) is 0 Å². The first-order chi connectivity index (χ1) is 9.63. The van der Waals surface area contributed by atoms with Crippen LogP contribution in [0.3, 0.4) is 0 Å². The zero-order valence-electron chi connectivity index (χ0n) is 12.7. The van der Waals surface area contributed by atoms with Crippen LogP contribution in [-0.2, 0) is 0 Å². The van der Waals surface area contributed by atoms with Gasteiger partial charge in [0.2, 0.25) is 0 Å². The number of halogens is 1. The van der Waals surface area contributed by atoms with Crippen LogP contribution in [0.1, 0.15) is 55.7 Å². The minimum Gasteiger partial charge on any atom is -0.329 e. The zero-order chi connectivity index (χ0) is 14.5. The van der Waals surface area contributed by atoms with Gasteiger partial charge in [-0.1, -0.05) is 49.4 Å². The number of benzene rings is 1. The molecule has 0 spiro atoms. The van der Waals surface area contributed by atoms with Crippen LogP contribution in [0.5, 0.6) is 0 Å². The van der Waals surface area contributed by atoms with Crippen LogP contribution in [-0.4, -0.2) is 24.5 Å². The summed E-state index contributed by atoms with van der Waals surface area (Å²) in [5.41, 5.74) is 8.43. The highest BCUT2D eigenvalue weighted by Gasteiger charge is 2.24. The minimum atomic E-state index is 0.274. The predicted molar refractivity (Wildman–Crippen MR) is 87.2 cm³/mol. The number of rotatable bonds is 4. The maximum Gasteiger partial charge on any atom is 0.0470 e. The van der Waals surface area contributed by atoms with Gasteiger partial charge in [0.25, 0.3) is 0 Å². The Labute approximate surface area is 128 Å². The van der Waals surface area contributed by atoms with Crippen LogP contribution >= 0.6 is 11.6 Å². The fourth-order valence-electron chi connectivity index (χ4n) is 3.27. The van der Waals surface area contributed by atoms with E-state index in [2.05, 4.69) is 30.1 Å². The molecule has 1 atom stereocenters. The second kappa shape index (κ2) is 7.44. The highest BCUT2D eigenvalue weighted by molar-refractivity contribution is 6.31. The summed E-state index contributed by atoms with van der Waals surface area (Å²) in [5, 5.41) is 0.843. The lowest BCUT2D eigenvalue weighted by Gasteiger charge is -2.34. The van der Waals surface area contributed by atoms with Gasteiger partial charge < -0.3 is 5.73 Å². The van der Waals surface area contributed by atoms with Crippen molar-refractivity contribution >= 4 is 11.6 Å². The van der Waals surface area contributed by atoms with Gasteiger partial charge in [-0.25, -0.2) is 0 Å². The van der Waals surface area contributed by atoms with Gasteiger partial charge in [-0.05, 0) is 44.0 Å². The molecule has 1 saturated carbocycles. The van der Waals surface area contributed by atoms with E-state index < -0.39 is 0 Å². The molecular formula is C17H27ClN2. The Morgan fingerprint density at radius 3 is 2.45 bits per heavy atom. The van der Waals surface area contributed by atoms with E-state index in [1.54, 1.807) is 0 Å². The molecule has 0 aliphatic heterocycles. The Kier molecular flexibility index (Phi) is 5.88. The number of aryl methyl sites for hydroxylation is 1. The Bertz CT molecular complexity index is 425. The molecule has 0 heterocycles. The average Bonchev–Trinajstić information content (AvgIpc) is 2.72. The Morgan fingerprint density at radius 1 is 1.25 bits per heavy atom. The molecular weight excluding hydrogens is 268 g/mol. The monoisotopic (exact) mass is 294 g/mol. The van der Waals surface area contributed by atoms with Crippen molar-refractivity contribution < 1.29 is 0 Å². The molecule has 3 heteroatoms. The first kappa shape index (κ1) is 15.8. The van der Waals surface area contributed by atoms with E-state index in [9.17, 15) is 0 Å². The molecule has 0 aromatic heterocycles. The van der Waals surface area contributed by atoms with Crippen LogP contribution in [0.15, 0.2) is 18.2 Å². The second-order valence-corrected chi connectivity index (χ2v) is 6.48. The van der Waals surface area contributed by atoms with Gasteiger partial charge in [-0.3, -0.25) is 4.90 Å². The Morgan fingerprint density at radius 2 is 1.90 bits per heavy atom. The third-order valence-corrected chi connectivity index (χ3v) is 5.10. The lowest BCUT2D eigenvalue weighted by atomic mass is 9.99. The van der Waals surface area contributed by atoms with E-state index in [-0.39, 0.29) is 6.04 Å². The van der Waals surface area contributed by atoms with Crippen LogP contribution in [0.25, 0.3) is 0 Å². The summed E-state index contributed by atoms with van der Waals surface area (Å²) in [5.74, 6) is 0. The second-order valence-electron chi connectivity index (χ2n) is 6.07. The standard InChI is InChI=1S/C17H27ClN2/c1-13-9-10-14(11-16(13)18)17(12-19)20(2)15-7-5-3-4-6-8-15/h9-11,15,17H,3-8,12,19H2,1-2H3. The molecule has 2 nitrogen and oxygen atoms in total. The highest BCUT2D eigenvalue weighted by atomic mass is 35.5. The molecule has 0 radical (unpaired) electrons. The molecule has 20 heavy (non-hydrogen) atoms. The molecule has 1 fully saturated rings. The molecule has 1 aliphatic carbocycles. The number of nitrogens with zero attached hydrogens (tertiary/aromatic N) is 1. The van der Waals surface area contributed by atoms with Crippen LogP contribution < -0.4 is 5.73 Å². The van der Waals surface area contributed by atoms with Crippen molar-refractivity contribution in [1.29, 1.82) is 0 Å². The third kappa shape index (κ3) is 3.75. The fraction of sp³-hybridized carbons (Fsp3) is 0.647. The molecule has 1 aromatic carbocycles. The predicted octanol–water partition coefficient (Wildman–Crippen LogP) is 4.30. The smallest absolute Gasteiger partial charge is 0.0470 e. The van der Waals surface area contributed by atoms with Crippen LogP contribution in [0, 0.1) is 6.92 Å². The summed E-state index contributed by atoms with van der Waals surface area (Å²) >= 11 is 6.27. The SMILES string of the molecule is Cc1ccc(C(CN)N(C)C2CCCCCC2)cc1Cl. The van der Waals surface area contributed by atoms with Crippen molar-refractivity contribution in [3.63, 3.8) is 0 Å². The highest BCUT2D eigenvalue weighted by Crippen LogP contribution is 2.29. The Balaban J connectivity index is 2.15. The summed E-state index contributed by atoms with van der Waals surface area (Å²) in [6.07, 6.45) is 8.06. The lowest BCUT2D eigenvalue weighted by Crippen LogP contribution is -2.38. The molecule has 0 amide bonds. The first-order valence-corrected chi connectivity index (χ1v) is 8.19. The zero-order valence-corrected chi connectivity index (χ0v) is 13.5. The third-order valence-electron chi connectivity index (χ3n) is 4.70. The summed E-state index contributed by atoms with van der Waals surface area (Å²) in [4.78, 5) is 2.48.